The van der Waals surface area contributed by atoms with Crippen molar-refractivity contribution in [3.05, 3.63) is 69.6 Å². The van der Waals surface area contributed by atoms with E-state index in [9.17, 15) is 18.0 Å². The SMILES string of the molecule is Cc1c(Cc2cccc(NS(=O)(=O)NCCN)c2)c(=O)oc2cc(OC(=O)N(C)C)ccc12. The van der Waals surface area contributed by atoms with Crippen LogP contribution in [0.4, 0.5) is 10.5 Å². The lowest BCUT2D eigenvalue weighted by Gasteiger charge is -2.13. The molecule has 3 rings (SSSR count). The molecule has 0 bridgehead atoms. The lowest BCUT2D eigenvalue weighted by molar-refractivity contribution is 0.172. The van der Waals surface area contributed by atoms with E-state index in [0.717, 1.165) is 11.1 Å². The van der Waals surface area contributed by atoms with Gasteiger partial charge < -0.3 is 19.8 Å². The van der Waals surface area contributed by atoms with E-state index in [1.807, 2.05) is 6.92 Å². The predicted octanol–water partition coefficient (Wildman–Crippen LogP) is 1.96. The smallest absolute Gasteiger partial charge is 0.414 e. The van der Waals surface area contributed by atoms with E-state index in [2.05, 4.69) is 9.44 Å². The highest BCUT2D eigenvalue weighted by Crippen LogP contribution is 2.26. The fourth-order valence-electron chi connectivity index (χ4n) is 3.17. The molecule has 0 aliphatic heterocycles. The fraction of sp³-hybridized carbons (Fsp3) is 0.273. The number of hydrogen-bond donors (Lipinski definition) is 3. The number of nitrogens with two attached hydrogens (primary N) is 1. The molecule has 33 heavy (non-hydrogen) atoms. The normalized spacial score (nSPS) is 11.4. The number of hydrogen-bond acceptors (Lipinski definition) is 7. The first-order valence-electron chi connectivity index (χ1n) is 10.1. The number of nitrogens with one attached hydrogen (secondary N) is 2. The average molecular weight is 475 g/mol. The molecule has 0 saturated heterocycles. The molecule has 0 radical (unpaired) electrons. The van der Waals surface area contributed by atoms with Gasteiger partial charge in [0.05, 0.1) is 5.69 Å². The molecule has 0 aliphatic carbocycles. The second kappa shape index (κ2) is 10.0. The summed E-state index contributed by atoms with van der Waals surface area (Å²) in [6, 6.07) is 11.6. The van der Waals surface area contributed by atoms with Crippen molar-refractivity contribution in [3.8, 4) is 5.75 Å². The van der Waals surface area contributed by atoms with Crippen LogP contribution >= 0.6 is 0 Å². The maximum Gasteiger partial charge on any atom is 0.414 e. The van der Waals surface area contributed by atoms with Gasteiger partial charge in [-0.1, -0.05) is 12.1 Å². The number of rotatable bonds is 8. The predicted molar refractivity (Wildman–Crippen MR) is 126 cm³/mol. The summed E-state index contributed by atoms with van der Waals surface area (Å²) in [5.74, 6) is 0.264. The molecule has 4 N–H and O–H groups in total. The molecule has 0 fully saturated rings. The van der Waals surface area contributed by atoms with Crippen molar-refractivity contribution >= 4 is 33.0 Å². The van der Waals surface area contributed by atoms with Crippen molar-refractivity contribution in [1.82, 2.24) is 9.62 Å². The van der Waals surface area contributed by atoms with Crippen molar-refractivity contribution in [1.29, 1.82) is 0 Å². The molecule has 3 aromatic rings. The molecule has 10 nitrogen and oxygen atoms in total. The minimum atomic E-state index is -3.75. The zero-order valence-corrected chi connectivity index (χ0v) is 19.4. The third-order valence-electron chi connectivity index (χ3n) is 4.83. The van der Waals surface area contributed by atoms with Crippen LogP contribution in [0.2, 0.25) is 0 Å². The summed E-state index contributed by atoms with van der Waals surface area (Å²) in [4.78, 5) is 25.8. The number of nitrogens with zero attached hydrogens (tertiary/aromatic N) is 1. The Morgan fingerprint density at radius 1 is 1.18 bits per heavy atom. The summed E-state index contributed by atoms with van der Waals surface area (Å²) >= 11 is 0. The largest absolute Gasteiger partial charge is 0.422 e. The van der Waals surface area contributed by atoms with Crippen LogP contribution in [0.5, 0.6) is 5.75 Å². The number of benzene rings is 2. The maximum atomic E-state index is 12.7. The van der Waals surface area contributed by atoms with Gasteiger partial charge in [-0.25, -0.2) is 9.59 Å². The van der Waals surface area contributed by atoms with E-state index >= 15 is 0 Å². The molecule has 0 aliphatic rings. The number of carbonyl (C=O) groups is 1. The lowest BCUT2D eigenvalue weighted by atomic mass is 9.99. The summed E-state index contributed by atoms with van der Waals surface area (Å²) in [7, 11) is -0.617. The number of fused-ring (bicyclic) bond motifs is 1. The van der Waals surface area contributed by atoms with E-state index in [1.54, 1.807) is 50.5 Å². The standard InChI is InChI=1S/C22H26N4O6S/c1-14-18-8-7-17(31-22(28)26(2)3)13-20(18)32-21(27)19(14)12-15-5-4-6-16(11-15)25-33(29,30)24-10-9-23/h4-8,11,13,24-25H,9-10,12,23H2,1-3H3. The van der Waals surface area contributed by atoms with Crippen molar-refractivity contribution in [3.63, 3.8) is 0 Å². The van der Waals surface area contributed by atoms with Gasteiger partial charge in [0.1, 0.15) is 11.3 Å². The second-order valence-corrected chi connectivity index (χ2v) is 9.08. The molecule has 1 amide bonds. The van der Waals surface area contributed by atoms with Crippen LogP contribution < -0.4 is 25.5 Å². The molecule has 0 saturated carbocycles. The summed E-state index contributed by atoms with van der Waals surface area (Å²) < 4.78 is 39.5. The quantitative estimate of drug-likeness (QED) is 0.423. The zero-order valence-electron chi connectivity index (χ0n) is 18.5. The van der Waals surface area contributed by atoms with E-state index in [4.69, 9.17) is 14.9 Å². The van der Waals surface area contributed by atoms with E-state index in [0.29, 0.717) is 22.2 Å². The van der Waals surface area contributed by atoms with Crippen LogP contribution in [0.15, 0.2) is 51.7 Å². The molecular weight excluding hydrogens is 448 g/mol. The van der Waals surface area contributed by atoms with Crippen LogP contribution in [0, 0.1) is 6.92 Å². The van der Waals surface area contributed by atoms with Crippen LogP contribution in [0.25, 0.3) is 11.0 Å². The van der Waals surface area contributed by atoms with E-state index in [1.165, 1.54) is 11.0 Å². The molecule has 176 valence electrons. The van der Waals surface area contributed by atoms with Crippen molar-refractivity contribution in [2.24, 2.45) is 5.73 Å². The topological polar surface area (TPSA) is 144 Å². The Labute approximate surface area is 191 Å². The molecule has 0 atom stereocenters. The third kappa shape index (κ3) is 6.09. The maximum absolute atomic E-state index is 12.7. The average Bonchev–Trinajstić information content (AvgIpc) is 2.75. The molecule has 11 heteroatoms. The number of ether oxygens (including phenoxy) is 1. The number of anilines is 1. The van der Waals surface area contributed by atoms with Crippen LogP contribution in [0.3, 0.4) is 0 Å². The molecule has 1 aromatic heterocycles. The summed E-state index contributed by atoms with van der Waals surface area (Å²) in [6.07, 6.45) is -0.299. The Morgan fingerprint density at radius 3 is 2.64 bits per heavy atom. The van der Waals surface area contributed by atoms with Crippen LogP contribution in [-0.2, 0) is 16.6 Å². The zero-order chi connectivity index (χ0) is 24.2. The first kappa shape index (κ1) is 24.2. The van der Waals surface area contributed by atoms with Crippen molar-refractivity contribution < 1.29 is 22.4 Å². The van der Waals surface area contributed by atoms with Gasteiger partial charge in [0.15, 0.2) is 0 Å². The van der Waals surface area contributed by atoms with Gasteiger partial charge in [-0.15, -0.1) is 0 Å². The summed E-state index contributed by atoms with van der Waals surface area (Å²) in [6.45, 7) is 2.10. The Morgan fingerprint density at radius 2 is 1.94 bits per heavy atom. The van der Waals surface area contributed by atoms with Crippen molar-refractivity contribution in [2.75, 3.05) is 31.9 Å². The second-order valence-electron chi connectivity index (χ2n) is 7.58. The minimum Gasteiger partial charge on any atom is -0.422 e. The monoisotopic (exact) mass is 474 g/mol. The van der Waals surface area contributed by atoms with Gasteiger partial charge in [0.25, 0.3) is 10.2 Å². The Bertz CT molecular complexity index is 1330. The Balaban J connectivity index is 1.88. The van der Waals surface area contributed by atoms with E-state index in [-0.39, 0.29) is 25.3 Å². The fourth-order valence-corrected chi connectivity index (χ4v) is 4.06. The van der Waals surface area contributed by atoms with Gasteiger partial charge in [0.2, 0.25) is 0 Å². The lowest BCUT2D eigenvalue weighted by Crippen LogP contribution is -2.33. The highest BCUT2D eigenvalue weighted by molar-refractivity contribution is 7.90. The minimum absolute atomic E-state index is 0.114. The molecule has 2 aromatic carbocycles. The highest BCUT2D eigenvalue weighted by Gasteiger charge is 2.15. The molecule has 0 spiro atoms. The van der Waals surface area contributed by atoms with Crippen molar-refractivity contribution in [2.45, 2.75) is 13.3 Å². The number of amides is 1. The first-order valence-corrected chi connectivity index (χ1v) is 11.6. The first-order chi connectivity index (χ1) is 15.6. The van der Waals surface area contributed by atoms with Gasteiger partial charge in [-0.2, -0.15) is 13.1 Å². The van der Waals surface area contributed by atoms with Crippen LogP contribution in [0.1, 0.15) is 16.7 Å². The number of carbonyl (C=O) groups excluding carboxylic acids is 1. The number of aryl methyl sites for hydroxylation is 1. The molecule has 1 heterocycles. The van der Waals surface area contributed by atoms with E-state index < -0.39 is 21.9 Å². The third-order valence-corrected chi connectivity index (χ3v) is 5.91. The highest BCUT2D eigenvalue weighted by atomic mass is 32.2. The summed E-state index contributed by atoms with van der Waals surface area (Å²) in [5, 5.41) is 0.706. The Kier molecular flexibility index (Phi) is 7.36. The molecule has 0 unspecified atom stereocenters. The summed E-state index contributed by atoms with van der Waals surface area (Å²) in [5.41, 5.74) is 7.36. The van der Waals surface area contributed by atoms with Gasteiger partial charge in [0, 0.05) is 50.6 Å². The van der Waals surface area contributed by atoms with Gasteiger partial charge in [-0.3, -0.25) is 4.72 Å². The van der Waals surface area contributed by atoms with Crippen LogP contribution in [-0.4, -0.2) is 46.6 Å². The van der Waals surface area contributed by atoms with Gasteiger partial charge in [-0.05, 0) is 42.3 Å². The Hall–Kier alpha value is -3.41. The van der Waals surface area contributed by atoms with Gasteiger partial charge >= 0.3 is 11.7 Å². The molecular formula is C22H26N4O6S.